The van der Waals surface area contributed by atoms with E-state index >= 15 is 0 Å². The molecule has 2 aromatic carbocycles. The first kappa shape index (κ1) is 23.5. The van der Waals surface area contributed by atoms with Crippen molar-refractivity contribution in [1.29, 1.82) is 0 Å². The van der Waals surface area contributed by atoms with Crippen LogP contribution in [0.2, 0.25) is 0 Å². The maximum Gasteiger partial charge on any atom is 0.130 e. The van der Waals surface area contributed by atoms with E-state index in [1.807, 2.05) is 0 Å². The summed E-state index contributed by atoms with van der Waals surface area (Å²) in [4.78, 5) is 2.35. The number of aryl methyl sites for hydroxylation is 1. The van der Waals surface area contributed by atoms with Crippen LogP contribution in [-0.4, -0.2) is 35.8 Å². The fourth-order valence-corrected chi connectivity index (χ4v) is 7.40. The Labute approximate surface area is 205 Å². The van der Waals surface area contributed by atoms with Gasteiger partial charge < -0.3 is 14.7 Å². The first-order valence-electron chi connectivity index (χ1n) is 13.1. The molecule has 3 aliphatic rings. The highest BCUT2D eigenvalue weighted by Gasteiger charge is 2.61. The Kier molecular flexibility index (Phi) is 6.49. The van der Waals surface area contributed by atoms with Gasteiger partial charge in [-0.15, -0.1) is 6.42 Å². The Morgan fingerprint density at radius 1 is 1.12 bits per heavy atom. The average molecular weight is 458 g/mol. The van der Waals surface area contributed by atoms with Crippen LogP contribution in [0.3, 0.4) is 0 Å². The molecule has 0 heterocycles. The van der Waals surface area contributed by atoms with Gasteiger partial charge in [-0.1, -0.05) is 49.2 Å². The molecule has 3 nitrogen and oxygen atoms in total. The molecule has 0 bridgehead atoms. The van der Waals surface area contributed by atoms with Crippen molar-refractivity contribution < 1.29 is 9.84 Å². The normalized spacial score (nSPS) is 31.9. The summed E-state index contributed by atoms with van der Waals surface area (Å²) < 4.78 is 6.15. The molecule has 34 heavy (non-hydrogen) atoms. The Bertz CT molecular complexity index is 1040. The highest BCUT2D eigenvalue weighted by molar-refractivity contribution is 5.41. The second kappa shape index (κ2) is 9.40. The average Bonchev–Trinajstić information content (AvgIpc) is 3.13. The number of aliphatic hydroxyl groups is 1. The summed E-state index contributed by atoms with van der Waals surface area (Å²) in [7, 11) is 2.17. The second-order valence-corrected chi connectivity index (χ2v) is 11.2. The zero-order valence-electron chi connectivity index (χ0n) is 20.8. The van der Waals surface area contributed by atoms with Crippen LogP contribution >= 0.6 is 0 Å². The summed E-state index contributed by atoms with van der Waals surface area (Å²) in [6.07, 6.45) is 13.1. The largest absolute Gasteiger partial charge is 0.494 e. The number of hydrogen-bond donors (Lipinski definition) is 1. The molecule has 2 fully saturated rings. The van der Waals surface area contributed by atoms with E-state index in [9.17, 15) is 5.11 Å². The molecule has 2 aromatic rings. The van der Waals surface area contributed by atoms with Crippen molar-refractivity contribution in [2.45, 2.75) is 69.9 Å². The zero-order chi connectivity index (χ0) is 23.8. The standard InChI is InChI=1S/C31H39NO2/c1-4-31(33)18-16-29-28-13-11-24-21-25(12-14-26(24)27(28)15-17-30(29,31)2)34-20-8-19-32(3)22-23-9-6-5-7-10-23/h1,5-7,9-10,12,14,21,27-29,33H,8,11,13,15-20,22H2,2-3H3/t27-,28-,29+,30+,31+/m1/s1. The third-order valence-corrected chi connectivity index (χ3v) is 9.34. The Morgan fingerprint density at radius 2 is 1.94 bits per heavy atom. The van der Waals surface area contributed by atoms with Gasteiger partial charge in [-0.3, -0.25) is 0 Å². The highest BCUT2D eigenvalue weighted by atomic mass is 16.5. The van der Waals surface area contributed by atoms with Crippen LogP contribution in [0.15, 0.2) is 48.5 Å². The summed E-state index contributed by atoms with van der Waals surface area (Å²) in [6, 6.07) is 17.4. The Hall–Kier alpha value is -2.28. The van der Waals surface area contributed by atoms with E-state index in [1.165, 1.54) is 23.1 Å². The number of benzene rings is 2. The van der Waals surface area contributed by atoms with E-state index in [4.69, 9.17) is 11.2 Å². The van der Waals surface area contributed by atoms with Crippen molar-refractivity contribution in [1.82, 2.24) is 4.90 Å². The molecule has 1 N–H and O–H groups in total. The van der Waals surface area contributed by atoms with E-state index in [1.54, 1.807) is 0 Å². The molecular weight excluding hydrogens is 418 g/mol. The molecule has 0 amide bonds. The molecule has 3 aliphatic carbocycles. The van der Waals surface area contributed by atoms with Gasteiger partial charge >= 0.3 is 0 Å². The van der Waals surface area contributed by atoms with Crippen LogP contribution in [-0.2, 0) is 13.0 Å². The lowest BCUT2D eigenvalue weighted by Gasteiger charge is -2.52. The summed E-state index contributed by atoms with van der Waals surface area (Å²) >= 11 is 0. The highest BCUT2D eigenvalue weighted by Crippen LogP contribution is 2.64. The lowest BCUT2D eigenvalue weighted by Crippen LogP contribution is -2.50. The molecular formula is C31H39NO2. The second-order valence-electron chi connectivity index (χ2n) is 11.2. The van der Waals surface area contributed by atoms with Gasteiger partial charge in [0.15, 0.2) is 0 Å². The van der Waals surface area contributed by atoms with Crippen LogP contribution in [0.4, 0.5) is 0 Å². The number of hydrogen-bond acceptors (Lipinski definition) is 3. The van der Waals surface area contributed by atoms with Gasteiger partial charge in [0, 0.05) is 18.5 Å². The minimum atomic E-state index is -0.921. The topological polar surface area (TPSA) is 32.7 Å². The van der Waals surface area contributed by atoms with Crippen molar-refractivity contribution in [2.24, 2.45) is 17.3 Å². The van der Waals surface area contributed by atoms with Gasteiger partial charge in [-0.25, -0.2) is 0 Å². The third-order valence-electron chi connectivity index (χ3n) is 9.34. The number of ether oxygens (including phenoxy) is 1. The number of nitrogens with zero attached hydrogens (tertiary/aromatic N) is 1. The quantitative estimate of drug-likeness (QED) is 0.421. The summed E-state index contributed by atoms with van der Waals surface area (Å²) in [6.45, 7) is 4.99. The Balaban J connectivity index is 1.17. The molecule has 0 aliphatic heterocycles. The SMILES string of the molecule is C#C[C@]1(O)CC[C@H]2[C@@H]3CCc4cc(OCCCN(C)Cc5ccccc5)ccc4[C@H]3CC[C@@]21C. The van der Waals surface area contributed by atoms with Gasteiger partial charge in [-0.05, 0) is 98.6 Å². The van der Waals surface area contributed by atoms with Gasteiger partial charge in [0.2, 0.25) is 0 Å². The predicted molar refractivity (Wildman–Crippen MR) is 138 cm³/mol. The zero-order valence-corrected chi connectivity index (χ0v) is 20.8. The van der Waals surface area contributed by atoms with E-state index in [2.05, 4.69) is 73.3 Å². The molecule has 0 aromatic heterocycles. The summed E-state index contributed by atoms with van der Waals surface area (Å²) in [5.41, 5.74) is 3.29. The van der Waals surface area contributed by atoms with Gasteiger partial charge in [-0.2, -0.15) is 0 Å². The van der Waals surface area contributed by atoms with Gasteiger partial charge in [0.25, 0.3) is 0 Å². The maximum atomic E-state index is 11.1. The summed E-state index contributed by atoms with van der Waals surface area (Å²) in [5, 5.41) is 11.1. The van der Waals surface area contributed by atoms with Crippen LogP contribution < -0.4 is 4.74 Å². The first-order chi connectivity index (χ1) is 16.4. The van der Waals surface area contributed by atoms with Gasteiger partial charge in [0.1, 0.15) is 11.4 Å². The van der Waals surface area contributed by atoms with Crippen molar-refractivity contribution in [2.75, 3.05) is 20.2 Å². The van der Waals surface area contributed by atoms with Crippen LogP contribution in [0, 0.1) is 29.6 Å². The molecule has 0 unspecified atom stereocenters. The van der Waals surface area contributed by atoms with E-state index in [0.717, 1.165) is 64.0 Å². The lowest BCUT2D eigenvalue weighted by molar-refractivity contribution is -0.0646. The maximum absolute atomic E-state index is 11.1. The molecule has 0 spiro atoms. The smallest absolute Gasteiger partial charge is 0.130 e. The van der Waals surface area contributed by atoms with Crippen molar-refractivity contribution in [3.05, 3.63) is 65.2 Å². The Morgan fingerprint density at radius 3 is 2.74 bits per heavy atom. The molecule has 0 saturated heterocycles. The molecule has 2 saturated carbocycles. The van der Waals surface area contributed by atoms with Crippen LogP contribution in [0.1, 0.15) is 68.1 Å². The summed E-state index contributed by atoms with van der Waals surface area (Å²) in [5.74, 6) is 5.56. The van der Waals surface area contributed by atoms with E-state index in [-0.39, 0.29) is 5.41 Å². The predicted octanol–water partition coefficient (Wildman–Crippen LogP) is 5.81. The van der Waals surface area contributed by atoms with E-state index < -0.39 is 5.60 Å². The van der Waals surface area contributed by atoms with Crippen LogP contribution in [0.5, 0.6) is 5.75 Å². The monoisotopic (exact) mass is 457 g/mol. The van der Waals surface area contributed by atoms with Crippen LogP contribution in [0.25, 0.3) is 0 Å². The molecule has 3 heteroatoms. The minimum absolute atomic E-state index is 0.128. The molecule has 5 rings (SSSR count). The minimum Gasteiger partial charge on any atom is -0.494 e. The van der Waals surface area contributed by atoms with Crippen molar-refractivity contribution >= 4 is 0 Å². The fraction of sp³-hybridized carbons (Fsp3) is 0.548. The lowest BCUT2D eigenvalue weighted by atomic mass is 9.53. The molecule has 0 radical (unpaired) electrons. The fourth-order valence-electron chi connectivity index (χ4n) is 7.40. The van der Waals surface area contributed by atoms with Crippen molar-refractivity contribution in [3.63, 3.8) is 0 Å². The number of rotatable bonds is 7. The van der Waals surface area contributed by atoms with Gasteiger partial charge in [0.05, 0.1) is 6.61 Å². The first-order valence-corrected chi connectivity index (χ1v) is 13.1. The number of terminal acetylenes is 1. The number of fused-ring (bicyclic) bond motifs is 5. The van der Waals surface area contributed by atoms with E-state index in [0.29, 0.717) is 17.8 Å². The third kappa shape index (κ3) is 4.16. The van der Waals surface area contributed by atoms with Crippen molar-refractivity contribution in [3.8, 4) is 18.1 Å². The molecule has 5 atom stereocenters. The molecule has 180 valence electrons.